The van der Waals surface area contributed by atoms with E-state index in [1.165, 1.54) is 7.11 Å². The lowest BCUT2D eigenvalue weighted by Gasteiger charge is -2.36. The Hall–Kier alpha value is -1.50. The largest absolute Gasteiger partial charge is 0.493 e. The lowest BCUT2D eigenvalue weighted by Crippen LogP contribution is -2.51. The van der Waals surface area contributed by atoms with E-state index >= 15 is 0 Å². The Labute approximate surface area is 160 Å². The van der Waals surface area contributed by atoms with Crippen LogP contribution in [0.1, 0.15) is 31.1 Å². The van der Waals surface area contributed by atoms with Crippen LogP contribution in [0.3, 0.4) is 0 Å². The number of benzene rings is 1. The third kappa shape index (κ3) is 5.25. The summed E-state index contributed by atoms with van der Waals surface area (Å²) in [7, 11) is 1.53. The maximum atomic E-state index is 12.6. The molecule has 1 amide bonds. The number of hydrogen-bond acceptors (Lipinski definition) is 5. The molecule has 1 atom stereocenters. The topological polar surface area (TPSA) is 60.0 Å². The summed E-state index contributed by atoms with van der Waals surface area (Å²) in [5, 5.41) is 3.40. The minimum absolute atomic E-state index is 0.174. The van der Waals surface area contributed by atoms with Gasteiger partial charge in [0, 0.05) is 31.2 Å². The SMILES string of the molecule is CCOc1c(Cl)cc(C(=O)NCC(C(C)C)N2CCOCC2)cc1OC. The number of nitrogens with one attached hydrogen (secondary N) is 1. The molecule has 1 aliphatic heterocycles. The van der Waals surface area contributed by atoms with Crippen molar-refractivity contribution in [3.05, 3.63) is 22.7 Å². The van der Waals surface area contributed by atoms with E-state index in [-0.39, 0.29) is 11.9 Å². The Morgan fingerprint density at radius 1 is 1.35 bits per heavy atom. The van der Waals surface area contributed by atoms with Crippen LogP contribution in [0.5, 0.6) is 11.5 Å². The molecular formula is C19H29ClN2O4. The zero-order valence-electron chi connectivity index (χ0n) is 16.0. The minimum Gasteiger partial charge on any atom is -0.493 e. The minimum atomic E-state index is -0.174. The van der Waals surface area contributed by atoms with Gasteiger partial charge < -0.3 is 19.5 Å². The fourth-order valence-electron chi connectivity index (χ4n) is 3.13. The van der Waals surface area contributed by atoms with E-state index < -0.39 is 0 Å². The van der Waals surface area contributed by atoms with Gasteiger partial charge in [0.25, 0.3) is 5.91 Å². The molecule has 1 N–H and O–H groups in total. The second kappa shape index (κ2) is 10.00. The number of carbonyl (C=O) groups excluding carboxylic acids is 1. The van der Waals surface area contributed by atoms with E-state index in [0.29, 0.717) is 41.2 Å². The molecule has 1 aromatic carbocycles. The van der Waals surface area contributed by atoms with Crippen LogP contribution in [0, 0.1) is 5.92 Å². The summed E-state index contributed by atoms with van der Waals surface area (Å²) in [5.74, 6) is 1.17. The van der Waals surface area contributed by atoms with Crippen LogP contribution >= 0.6 is 11.6 Å². The van der Waals surface area contributed by atoms with Gasteiger partial charge in [-0.1, -0.05) is 25.4 Å². The van der Waals surface area contributed by atoms with Crippen LogP contribution < -0.4 is 14.8 Å². The standard InChI is InChI=1S/C19H29ClN2O4/c1-5-26-18-15(20)10-14(11-17(18)24-4)19(23)21-12-16(13(2)3)22-6-8-25-9-7-22/h10-11,13,16H,5-9,12H2,1-4H3,(H,21,23). The number of carbonyl (C=O) groups is 1. The molecule has 0 aliphatic carbocycles. The zero-order chi connectivity index (χ0) is 19.1. The van der Waals surface area contributed by atoms with Crippen molar-refractivity contribution in [1.82, 2.24) is 10.2 Å². The highest BCUT2D eigenvalue weighted by Crippen LogP contribution is 2.36. The molecule has 0 aromatic heterocycles. The summed E-state index contributed by atoms with van der Waals surface area (Å²) in [6, 6.07) is 3.54. The summed E-state index contributed by atoms with van der Waals surface area (Å²) in [5.41, 5.74) is 0.458. The predicted octanol–water partition coefficient (Wildman–Crippen LogP) is 2.83. The molecule has 1 fully saturated rings. The fourth-order valence-corrected chi connectivity index (χ4v) is 3.40. The van der Waals surface area contributed by atoms with Crippen molar-refractivity contribution in [3.8, 4) is 11.5 Å². The summed E-state index contributed by atoms with van der Waals surface area (Å²) in [4.78, 5) is 15.0. The van der Waals surface area contributed by atoms with E-state index in [2.05, 4.69) is 24.1 Å². The maximum Gasteiger partial charge on any atom is 0.251 e. The number of halogens is 1. The summed E-state index contributed by atoms with van der Waals surface area (Å²) < 4.78 is 16.2. The van der Waals surface area contributed by atoms with Gasteiger partial charge in [-0.2, -0.15) is 0 Å². The molecule has 0 spiro atoms. The van der Waals surface area contributed by atoms with Gasteiger partial charge in [-0.3, -0.25) is 9.69 Å². The Kier molecular flexibility index (Phi) is 8.00. The van der Waals surface area contributed by atoms with Crippen molar-refractivity contribution in [2.45, 2.75) is 26.8 Å². The lowest BCUT2D eigenvalue weighted by molar-refractivity contribution is 0.00672. The average molecular weight is 385 g/mol. The van der Waals surface area contributed by atoms with Crippen LogP contribution in [0.2, 0.25) is 5.02 Å². The third-order valence-corrected chi connectivity index (χ3v) is 4.82. The molecular weight excluding hydrogens is 356 g/mol. The number of rotatable bonds is 8. The Balaban J connectivity index is 2.07. The number of hydrogen-bond donors (Lipinski definition) is 1. The molecule has 26 heavy (non-hydrogen) atoms. The second-order valence-corrected chi connectivity index (χ2v) is 7.00. The first-order chi connectivity index (χ1) is 12.5. The van der Waals surface area contributed by atoms with E-state index in [1.54, 1.807) is 12.1 Å². The molecule has 1 aliphatic rings. The summed E-state index contributed by atoms with van der Waals surface area (Å²) in [6.45, 7) is 10.5. The van der Waals surface area contributed by atoms with E-state index in [1.807, 2.05) is 6.92 Å². The first-order valence-electron chi connectivity index (χ1n) is 9.08. The first-order valence-corrected chi connectivity index (χ1v) is 9.46. The average Bonchev–Trinajstić information content (AvgIpc) is 2.63. The van der Waals surface area contributed by atoms with Crippen LogP contribution in [0.25, 0.3) is 0 Å². The molecule has 0 saturated carbocycles. The number of amides is 1. The van der Waals surface area contributed by atoms with Gasteiger partial charge in [0.15, 0.2) is 11.5 Å². The van der Waals surface area contributed by atoms with Gasteiger partial charge in [0.1, 0.15) is 0 Å². The van der Waals surface area contributed by atoms with Crippen LogP contribution in [-0.2, 0) is 4.74 Å². The normalized spacial score (nSPS) is 16.4. The van der Waals surface area contributed by atoms with E-state index in [4.69, 9.17) is 25.8 Å². The second-order valence-electron chi connectivity index (χ2n) is 6.59. The zero-order valence-corrected chi connectivity index (χ0v) is 16.8. The van der Waals surface area contributed by atoms with Gasteiger partial charge in [0.2, 0.25) is 0 Å². The molecule has 1 aromatic rings. The highest BCUT2D eigenvalue weighted by atomic mass is 35.5. The van der Waals surface area contributed by atoms with Crippen molar-refractivity contribution >= 4 is 17.5 Å². The quantitative estimate of drug-likeness (QED) is 0.746. The van der Waals surface area contributed by atoms with Crippen molar-refractivity contribution in [2.24, 2.45) is 5.92 Å². The molecule has 7 heteroatoms. The van der Waals surface area contributed by atoms with Crippen molar-refractivity contribution in [2.75, 3.05) is 46.6 Å². The van der Waals surface area contributed by atoms with E-state index in [9.17, 15) is 4.79 Å². The lowest BCUT2D eigenvalue weighted by atomic mass is 10.0. The van der Waals surface area contributed by atoms with Gasteiger partial charge in [0.05, 0.1) is 32.0 Å². The summed E-state index contributed by atoms with van der Waals surface area (Å²) in [6.07, 6.45) is 0. The van der Waals surface area contributed by atoms with Gasteiger partial charge in [-0.05, 0) is 25.0 Å². The molecule has 146 valence electrons. The van der Waals surface area contributed by atoms with Crippen LogP contribution in [0.4, 0.5) is 0 Å². The molecule has 1 heterocycles. The predicted molar refractivity (Wildman–Crippen MR) is 103 cm³/mol. The number of nitrogens with zero attached hydrogens (tertiary/aromatic N) is 1. The summed E-state index contributed by atoms with van der Waals surface area (Å²) >= 11 is 6.26. The van der Waals surface area contributed by atoms with Gasteiger partial charge >= 0.3 is 0 Å². The molecule has 1 saturated heterocycles. The smallest absolute Gasteiger partial charge is 0.251 e. The molecule has 2 rings (SSSR count). The number of methoxy groups -OCH3 is 1. The maximum absolute atomic E-state index is 12.6. The number of ether oxygens (including phenoxy) is 3. The highest BCUT2D eigenvalue weighted by Gasteiger charge is 2.25. The van der Waals surface area contributed by atoms with Crippen molar-refractivity contribution < 1.29 is 19.0 Å². The van der Waals surface area contributed by atoms with Crippen molar-refractivity contribution in [3.63, 3.8) is 0 Å². The fraction of sp³-hybridized carbons (Fsp3) is 0.632. The molecule has 0 radical (unpaired) electrons. The monoisotopic (exact) mass is 384 g/mol. The Morgan fingerprint density at radius 3 is 2.62 bits per heavy atom. The van der Waals surface area contributed by atoms with Gasteiger partial charge in [-0.25, -0.2) is 0 Å². The number of morpholine rings is 1. The highest BCUT2D eigenvalue weighted by molar-refractivity contribution is 6.32. The third-order valence-electron chi connectivity index (χ3n) is 4.54. The molecule has 0 bridgehead atoms. The Bertz CT molecular complexity index is 603. The van der Waals surface area contributed by atoms with Crippen LogP contribution in [0.15, 0.2) is 12.1 Å². The van der Waals surface area contributed by atoms with Crippen molar-refractivity contribution in [1.29, 1.82) is 0 Å². The molecule has 1 unspecified atom stereocenters. The van der Waals surface area contributed by atoms with Crippen LogP contribution in [-0.4, -0.2) is 63.4 Å². The first kappa shape index (κ1) is 20.8. The van der Waals surface area contributed by atoms with Gasteiger partial charge in [-0.15, -0.1) is 0 Å². The molecule has 6 nitrogen and oxygen atoms in total. The van der Waals surface area contributed by atoms with E-state index in [0.717, 1.165) is 26.3 Å². The Morgan fingerprint density at radius 2 is 2.04 bits per heavy atom.